The van der Waals surface area contributed by atoms with E-state index in [9.17, 15) is 28.8 Å². The molecule has 3 aliphatic carbocycles. The Hall–Kier alpha value is -2.98. The van der Waals surface area contributed by atoms with Gasteiger partial charge in [0.1, 0.15) is 12.1 Å². The molecule has 4 fully saturated rings. The molecule has 1 saturated heterocycles. The number of likely N-dealkylation sites (tertiary alicyclic amines) is 1. The zero-order valence-electron chi connectivity index (χ0n) is 23.7. The lowest BCUT2D eigenvalue weighted by Gasteiger charge is -2.38. The van der Waals surface area contributed by atoms with Crippen LogP contribution in [0.5, 0.6) is 0 Å². The Morgan fingerprint density at radius 1 is 1.05 bits per heavy atom. The van der Waals surface area contributed by atoms with Crippen molar-refractivity contribution in [1.29, 1.82) is 0 Å². The first-order chi connectivity index (χ1) is 18.1. The molecule has 3 saturated carbocycles. The minimum Gasteiger partial charge on any atom is -0.363 e. The van der Waals surface area contributed by atoms with E-state index in [2.05, 4.69) is 29.8 Å². The molecule has 0 spiro atoms. The van der Waals surface area contributed by atoms with Crippen LogP contribution in [0.15, 0.2) is 0 Å². The number of nitrogens with one attached hydrogen (secondary N) is 3. The van der Waals surface area contributed by atoms with E-state index in [4.69, 9.17) is 5.73 Å². The molecule has 1 unspecified atom stereocenters. The van der Waals surface area contributed by atoms with E-state index in [-0.39, 0.29) is 29.0 Å². The topological polar surface area (TPSA) is 168 Å². The molecule has 0 radical (unpaired) electrons. The Kier molecular flexibility index (Phi) is 7.84. The molecule has 4 rings (SSSR count). The van der Waals surface area contributed by atoms with Crippen molar-refractivity contribution in [2.24, 2.45) is 34.3 Å². The number of nitrogens with two attached hydrogens (primary N) is 1. The first kappa shape index (κ1) is 29.0. The van der Waals surface area contributed by atoms with E-state index >= 15 is 0 Å². The van der Waals surface area contributed by atoms with Crippen molar-refractivity contribution >= 4 is 35.3 Å². The zero-order chi connectivity index (χ0) is 28.9. The van der Waals surface area contributed by atoms with Crippen molar-refractivity contribution in [3.8, 4) is 0 Å². The monoisotopic (exact) mass is 545 g/mol. The summed E-state index contributed by atoms with van der Waals surface area (Å²) >= 11 is 0. The second-order valence-electron chi connectivity index (χ2n) is 13.5. The van der Waals surface area contributed by atoms with Gasteiger partial charge in [-0.1, -0.05) is 53.9 Å². The third kappa shape index (κ3) is 6.11. The van der Waals surface area contributed by atoms with Gasteiger partial charge in [-0.15, -0.1) is 0 Å². The second-order valence-corrected chi connectivity index (χ2v) is 13.5. The highest BCUT2D eigenvalue weighted by atomic mass is 16.2. The van der Waals surface area contributed by atoms with Gasteiger partial charge < -0.3 is 26.6 Å². The number of rotatable bonds is 9. The Labute approximate surface area is 229 Å². The fraction of sp³-hybridized carbons (Fsp3) is 0.786. The first-order valence-corrected chi connectivity index (χ1v) is 14.2. The van der Waals surface area contributed by atoms with Crippen molar-refractivity contribution in [2.75, 3.05) is 6.54 Å². The van der Waals surface area contributed by atoms with Crippen LogP contribution >= 0.6 is 0 Å². The third-order valence-electron chi connectivity index (χ3n) is 9.15. The van der Waals surface area contributed by atoms with Crippen molar-refractivity contribution in [3.63, 3.8) is 0 Å². The van der Waals surface area contributed by atoms with Crippen molar-refractivity contribution < 1.29 is 28.8 Å². The van der Waals surface area contributed by atoms with E-state index in [1.165, 1.54) is 4.90 Å². The van der Waals surface area contributed by atoms with Gasteiger partial charge in [-0.25, -0.2) is 4.79 Å². The fourth-order valence-electron chi connectivity index (χ4n) is 6.44. The zero-order valence-corrected chi connectivity index (χ0v) is 23.7. The van der Waals surface area contributed by atoms with Crippen LogP contribution in [-0.4, -0.2) is 70.9 Å². The molecule has 1 heterocycles. The molecule has 0 aromatic rings. The van der Waals surface area contributed by atoms with E-state index in [0.29, 0.717) is 25.8 Å². The smallest absolute Gasteiger partial charge is 0.316 e. The molecule has 216 valence electrons. The molecule has 1 aliphatic heterocycles. The lowest BCUT2D eigenvalue weighted by atomic mass is 9.85. The molecule has 6 atom stereocenters. The summed E-state index contributed by atoms with van der Waals surface area (Å²) in [6, 6.07) is -3.97. The molecule has 5 amide bonds. The average Bonchev–Trinajstić information content (AvgIpc) is 3.69. The van der Waals surface area contributed by atoms with Crippen LogP contribution in [0.25, 0.3) is 0 Å². The predicted octanol–water partition coefficient (Wildman–Crippen LogP) is 1.03. The highest BCUT2D eigenvalue weighted by Crippen LogP contribution is 2.65. The summed E-state index contributed by atoms with van der Waals surface area (Å²) in [5.74, 6) is -2.57. The number of fused-ring (bicyclic) bond motifs is 1. The van der Waals surface area contributed by atoms with Gasteiger partial charge in [-0.3, -0.25) is 24.0 Å². The van der Waals surface area contributed by atoms with Gasteiger partial charge in [-0.2, -0.15) is 0 Å². The lowest BCUT2D eigenvalue weighted by Crippen LogP contribution is -2.62. The van der Waals surface area contributed by atoms with Gasteiger partial charge in [0.2, 0.25) is 17.6 Å². The summed E-state index contributed by atoms with van der Waals surface area (Å²) in [4.78, 5) is 78.4. The molecule has 0 aromatic heterocycles. The van der Waals surface area contributed by atoms with Gasteiger partial charge in [-0.05, 0) is 47.8 Å². The van der Waals surface area contributed by atoms with Crippen molar-refractivity contribution in [3.05, 3.63) is 0 Å². The Morgan fingerprint density at radius 3 is 2.28 bits per heavy atom. The number of ketones is 2. The maximum absolute atomic E-state index is 14.0. The Morgan fingerprint density at radius 2 is 1.72 bits per heavy atom. The number of hydrogen-bond acceptors (Lipinski definition) is 6. The van der Waals surface area contributed by atoms with Crippen LogP contribution in [0.2, 0.25) is 0 Å². The van der Waals surface area contributed by atoms with Gasteiger partial charge in [0, 0.05) is 13.0 Å². The van der Waals surface area contributed by atoms with Gasteiger partial charge in [0.05, 0.1) is 12.1 Å². The first-order valence-electron chi connectivity index (χ1n) is 14.2. The average molecular weight is 546 g/mol. The summed E-state index contributed by atoms with van der Waals surface area (Å²) in [7, 11) is 0. The summed E-state index contributed by atoms with van der Waals surface area (Å²) in [5, 5.41) is 8.25. The number of urea groups is 1. The van der Waals surface area contributed by atoms with E-state index in [1.54, 1.807) is 0 Å². The van der Waals surface area contributed by atoms with E-state index in [1.807, 2.05) is 20.8 Å². The van der Waals surface area contributed by atoms with Gasteiger partial charge in [0.15, 0.2) is 5.78 Å². The van der Waals surface area contributed by atoms with Crippen LogP contribution in [-0.2, 0) is 24.0 Å². The molecule has 0 aromatic carbocycles. The second kappa shape index (κ2) is 10.5. The summed E-state index contributed by atoms with van der Waals surface area (Å²) in [6.45, 7) is 9.93. The number of hydrogen-bond donors (Lipinski definition) is 4. The number of carbonyl (C=O) groups is 6. The fourth-order valence-corrected chi connectivity index (χ4v) is 6.44. The largest absolute Gasteiger partial charge is 0.363 e. The molecule has 5 N–H and O–H groups in total. The highest BCUT2D eigenvalue weighted by Gasteiger charge is 2.70. The summed E-state index contributed by atoms with van der Waals surface area (Å²) in [5.41, 5.74) is 4.40. The molecule has 11 heteroatoms. The Balaban J connectivity index is 1.51. The van der Waals surface area contributed by atoms with Crippen LogP contribution < -0.4 is 21.7 Å². The lowest BCUT2D eigenvalue weighted by molar-refractivity contribution is -0.145. The van der Waals surface area contributed by atoms with Crippen LogP contribution in [0.1, 0.15) is 79.6 Å². The number of carbonyl (C=O) groups excluding carboxylic acids is 6. The quantitative estimate of drug-likeness (QED) is 0.316. The van der Waals surface area contributed by atoms with Crippen LogP contribution in [0.4, 0.5) is 4.79 Å². The number of primary amides is 1. The van der Waals surface area contributed by atoms with Crippen molar-refractivity contribution in [2.45, 2.75) is 104 Å². The summed E-state index contributed by atoms with van der Waals surface area (Å²) < 4.78 is 0. The molecule has 4 aliphatic rings. The molecule has 0 bridgehead atoms. The number of Topliss-reactive ketones (excluding diaryl/α,β-unsaturated/α-hetero) is 2. The minimum absolute atomic E-state index is 0.0140. The van der Waals surface area contributed by atoms with Crippen LogP contribution in [0, 0.1) is 28.6 Å². The highest BCUT2D eigenvalue weighted by molar-refractivity contribution is 6.37. The normalized spacial score (nSPS) is 29.1. The predicted molar refractivity (Wildman–Crippen MR) is 142 cm³/mol. The molecular formula is C28H43N5O6. The van der Waals surface area contributed by atoms with Gasteiger partial charge in [0.25, 0.3) is 5.91 Å². The molecule has 39 heavy (non-hydrogen) atoms. The SMILES string of the molecule is CC(C)(C)[C@H](NC(=O)N[C@H]1CCCCC1=O)C(=O)N1C[C@H]2[C@@H]([C@H]1C(=O)NC(CC1CC1)C(=O)C(N)=O)C2(C)C. The van der Waals surface area contributed by atoms with Crippen LogP contribution in [0.3, 0.4) is 0 Å². The van der Waals surface area contributed by atoms with E-state index in [0.717, 1.165) is 25.7 Å². The molecule has 11 nitrogen and oxygen atoms in total. The number of amides is 5. The van der Waals surface area contributed by atoms with Crippen molar-refractivity contribution in [1.82, 2.24) is 20.9 Å². The number of nitrogens with zero attached hydrogens (tertiary/aromatic N) is 1. The third-order valence-corrected chi connectivity index (χ3v) is 9.15. The molecular weight excluding hydrogens is 502 g/mol. The maximum Gasteiger partial charge on any atom is 0.316 e. The standard InChI is InChI=1S/C28H43N5O6/c1-27(2,3)22(32-26(39)31-16-8-6-7-9-18(16)34)25(38)33-13-15-19(28(15,4)5)20(33)24(37)30-17(12-14-10-11-14)21(35)23(29)36/h14-17,19-20,22H,6-13H2,1-5H3,(H2,29,36)(H,30,37)(H2,31,32,39)/t15-,16-,17?,19-,20-,22+/m0/s1. The summed E-state index contributed by atoms with van der Waals surface area (Å²) in [6.07, 6.45) is 4.86. The number of piperidine rings is 1. The maximum atomic E-state index is 14.0. The minimum atomic E-state index is -1.09. The Bertz CT molecular complexity index is 1060. The van der Waals surface area contributed by atoms with Gasteiger partial charge >= 0.3 is 6.03 Å². The van der Waals surface area contributed by atoms with E-state index < -0.39 is 59.1 Å².